The number of benzene rings is 1. The highest BCUT2D eigenvalue weighted by atomic mass is 79.9. The van der Waals surface area contributed by atoms with Gasteiger partial charge >= 0.3 is 0 Å². The maximum absolute atomic E-state index is 12.5. The number of ketones is 1. The van der Waals surface area contributed by atoms with Crippen LogP contribution in [0.5, 0.6) is 0 Å². The van der Waals surface area contributed by atoms with Gasteiger partial charge in [0, 0.05) is 24.0 Å². The first-order valence-corrected chi connectivity index (χ1v) is 7.81. The van der Waals surface area contributed by atoms with Gasteiger partial charge in [0.15, 0.2) is 0 Å². The van der Waals surface area contributed by atoms with Gasteiger partial charge in [-0.15, -0.1) is 0 Å². The van der Waals surface area contributed by atoms with Crippen LogP contribution in [0.15, 0.2) is 27.5 Å². The molecule has 21 heavy (non-hydrogen) atoms. The lowest BCUT2D eigenvalue weighted by molar-refractivity contribution is -0.120. The fraction of sp³-hybridized carbons (Fsp3) is 0.400. The summed E-state index contributed by atoms with van der Waals surface area (Å²) in [4.78, 5) is 30.7. The standard InChI is InChI=1S/C15H16BrN3O2/c1-2-11(20)8-18-5-6-19-14(9-18)17-13-7-10(16)3-4-12(13)15(19)21/h3-4,7H,2,5-6,8-9H2,1H3. The molecule has 1 aliphatic rings. The Morgan fingerprint density at radius 1 is 1.38 bits per heavy atom. The number of hydrogen-bond donors (Lipinski definition) is 0. The van der Waals surface area contributed by atoms with E-state index in [0.29, 0.717) is 43.5 Å². The second-order valence-corrected chi connectivity index (χ2v) is 6.16. The zero-order valence-electron chi connectivity index (χ0n) is 11.8. The van der Waals surface area contributed by atoms with Crippen molar-refractivity contribution in [1.82, 2.24) is 14.5 Å². The first-order chi connectivity index (χ1) is 10.1. The summed E-state index contributed by atoms with van der Waals surface area (Å²) in [6, 6.07) is 5.51. The van der Waals surface area contributed by atoms with Crippen LogP contribution < -0.4 is 5.56 Å². The molecule has 0 spiro atoms. The zero-order chi connectivity index (χ0) is 15.0. The van der Waals surface area contributed by atoms with Crippen LogP contribution >= 0.6 is 15.9 Å². The second kappa shape index (κ2) is 5.69. The number of halogens is 1. The quantitative estimate of drug-likeness (QED) is 0.849. The van der Waals surface area contributed by atoms with E-state index >= 15 is 0 Å². The van der Waals surface area contributed by atoms with Crippen molar-refractivity contribution in [1.29, 1.82) is 0 Å². The number of fused-ring (bicyclic) bond motifs is 2. The maximum Gasteiger partial charge on any atom is 0.261 e. The van der Waals surface area contributed by atoms with Crippen LogP contribution in [0.1, 0.15) is 19.2 Å². The van der Waals surface area contributed by atoms with Crippen molar-refractivity contribution < 1.29 is 4.79 Å². The van der Waals surface area contributed by atoms with E-state index in [1.807, 2.05) is 19.1 Å². The fourth-order valence-corrected chi connectivity index (χ4v) is 2.96. The Balaban J connectivity index is 2.00. The van der Waals surface area contributed by atoms with Crippen LogP contribution in [0.4, 0.5) is 0 Å². The number of Topliss-reactive ketones (excluding diaryl/α,β-unsaturated/α-hetero) is 1. The molecule has 3 rings (SSSR count). The summed E-state index contributed by atoms with van der Waals surface area (Å²) in [5.74, 6) is 0.954. The minimum Gasteiger partial charge on any atom is -0.298 e. The van der Waals surface area contributed by atoms with Crippen molar-refractivity contribution >= 4 is 32.6 Å². The Morgan fingerprint density at radius 3 is 2.95 bits per heavy atom. The van der Waals surface area contributed by atoms with E-state index in [9.17, 15) is 9.59 Å². The molecule has 0 amide bonds. The highest BCUT2D eigenvalue weighted by Crippen LogP contribution is 2.18. The summed E-state index contributed by atoms with van der Waals surface area (Å²) in [5, 5.41) is 0.639. The third-order valence-electron chi connectivity index (χ3n) is 3.80. The van der Waals surface area contributed by atoms with Crippen molar-refractivity contribution in [3.8, 4) is 0 Å². The highest BCUT2D eigenvalue weighted by molar-refractivity contribution is 9.10. The maximum atomic E-state index is 12.5. The summed E-state index contributed by atoms with van der Waals surface area (Å²) in [6.07, 6.45) is 0.543. The van der Waals surface area contributed by atoms with Crippen molar-refractivity contribution in [2.75, 3.05) is 13.1 Å². The van der Waals surface area contributed by atoms with Crippen LogP contribution in [0.3, 0.4) is 0 Å². The molecule has 0 fully saturated rings. The van der Waals surface area contributed by atoms with E-state index in [4.69, 9.17) is 0 Å². The van der Waals surface area contributed by atoms with E-state index in [-0.39, 0.29) is 11.3 Å². The minimum atomic E-state index is 0.00367. The van der Waals surface area contributed by atoms with Crippen molar-refractivity contribution in [3.05, 3.63) is 38.9 Å². The molecule has 0 aliphatic carbocycles. The fourth-order valence-electron chi connectivity index (χ4n) is 2.61. The van der Waals surface area contributed by atoms with Gasteiger partial charge in [0.1, 0.15) is 11.6 Å². The van der Waals surface area contributed by atoms with Gasteiger partial charge in [-0.25, -0.2) is 4.98 Å². The number of aromatic nitrogens is 2. The Hall–Kier alpha value is -1.53. The molecule has 0 unspecified atom stereocenters. The minimum absolute atomic E-state index is 0.00367. The molecule has 0 bridgehead atoms. The molecule has 110 valence electrons. The van der Waals surface area contributed by atoms with Gasteiger partial charge in [-0.05, 0) is 18.2 Å². The molecule has 0 atom stereocenters. The molecule has 6 heteroatoms. The van der Waals surface area contributed by atoms with Crippen molar-refractivity contribution in [2.45, 2.75) is 26.4 Å². The normalized spacial score (nSPS) is 15.1. The molecule has 1 aliphatic heterocycles. The van der Waals surface area contributed by atoms with Gasteiger partial charge in [-0.2, -0.15) is 0 Å². The van der Waals surface area contributed by atoms with Crippen LogP contribution in [-0.4, -0.2) is 33.3 Å². The summed E-state index contributed by atoms with van der Waals surface area (Å²) in [7, 11) is 0. The molecule has 0 saturated heterocycles. The van der Waals surface area contributed by atoms with Gasteiger partial charge in [-0.1, -0.05) is 22.9 Å². The van der Waals surface area contributed by atoms with Crippen molar-refractivity contribution in [2.24, 2.45) is 0 Å². The van der Waals surface area contributed by atoms with Crippen LogP contribution in [0.2, 0.25) is 0 Å². The Labute approximate surface area is 130 Å². The third kappa shape index (κ3) is 2.78. The number of hydrogen-bond acceptors (Lipinski definition) is 4. The van der Waals surface area contributed by atoms with Gasteiger partial charge < -0.3 is 0 Å². The van der Waals surface area contributed by atoms with E-state index in [0.717, 1.165) is 10.3 Å². The first kappa shape index (κ1) is 14.4. The Morgan fingerprint density at radius 2 is 2.19 bits per heavy atom. The lowest BCUT2D eigenvalue weighted by Crippen LogP contribution is -2.42. The van der Waals surface area contributed by atoms with Crippen LogP contribution in [0.25, 0.3) is 10.9 Å². The van der Waals surface area contributed by atoms with Gasteiger partial charge in [0.05, 0.1) is 24.0 Å². The van der Waals surface area contributed by atoms with E-state index < -0.39 is 0 Å². The lowest BCUT2D eigenvalue weighted by Gasteiger charge is -2.28. The van der Waals surface area contributed by atoms with Gasteiger partial charge in [-0.3, -0.25) is 19.1 Å². The van der Waals surface area contributed by atoms with Gasteiger partial charge in [0.2, 0.25) is 0 Å². The summed E-state index contributed by atoms with van der Waals surface area (Å²) >= 11 is 3.40. The first-order valence-electron chi connectivity index (χ1n) is 7.01. The topological polar surface area (TPSA) is 55.2 Å². The zero-order valence-corrected chi connectivity index (χ0v) is 13.4. The molecular formula is C15H16BrN3O2. The smallest absolute Gasteiger partial charge is 0.261 e. The molecule has 0 radical (unpaired) electrons. The summed E-state index contributed by atoms with van der Waals surface area (Å²) in [6.45, 7) is 4.15. The largest absolute Gasteiger partial charge is 0.298 e. The number of carbonyl (C=O) groups excluding carboxylic acids is 1. The van der Waals surface area contributed by atoms with Crippen LogP contribution in [0, 0.1) is 0 Å². The predicted molar refractivity (Wildman–Crippen MR) is 84.3 cm³/mol. The molecule has 2 heterocycles. The Kier molecular flexibility index (Phi) is 3.91. The second-order valence-electron chi connectivity index (χ2n) is 5.25. The molecule has 5 nitrogen and oxygen atoms in total. The van der Waals surface area contributed by atoms with E-state index in [1.54, 1.807) is 10.6 Å². The number of carbonyl (C=O) groups is 1. The van der Waals surface area contributed by atoms with Crippen LogP contribution in [-0.2, 0) is 17.9 Å². The predicted octanol–water partition coefficient (Wildman–Crippen LogP) is 1.95. The molecular weight excluding hydrogens is 334 g/mol. The average Bonchev–Trinajstić information content (AvgIpc) is 2.46. The number of rotatable bonds is 3. The van der Waals surface area contributed by atoms with Crippen molar-refractivity contribution in [3.63, 3.8) is 0 Å². The highest BCUT2D eigenvalue weighted by Gasteiger charge is 2.21. The SMILES string of the molecule is CCC(=O)CN1CCn2c(nc3cc(Br)ccc3c2=O)C1. The molecule has 1 aromatic heterocycles. The molecule has 0 N–H and O–H groups in total. The average molecular weight is 350 g/mol. The summed E-state index contributed by atoms with van der Waals surface area (Å²) < 4.78 is 2.63. The summed E-state index contributed by atoms with van der Waals surface area (Å²) in [5.41, 5.74) is 0.702. The lowest BCUT2D eigenvalue weighted by atomic mass is 10.2. The molecule has 2 aromatic rings. The molecule has 1 aromatic carbocycles. The third-order valence-corrected chi connectivity index (χ3v) is 4.29. The monoisotopic (exact) mass is 349 g/mol. The Bertz CT molecular complexity index is 769. The van der Waals surface area contributed by atoms with E-state index in [2.05, 4.69) is 25.8 Å². The number of nitrogens with zero attached hydrogens (tertiary/aromatic N) is 3. The molecule has 0 saturated carbocycles. The van der Waals surface area contributed by atoms with E-state index in [1.165, 1.54) is 0 Å². The van der Waals surface area contributed by atoms with Gasteiger partial charge in [0.25, 0.3) is 5.56 Å².